The third-order valence-corrected chi connectivity index (χ3v) is 3.44. The quantitative estimate of drug-likeness (QED) is 0.522. The van der Waals surface area contributed by atoms with E-state index >= 15 is 0 Å². The Labute approximate surface area is 108 Å². The lowest BCUT2D eigenvalue weighted by molar-refractivity contribution is 0.601. The van der Waals surface area contributed by atoms with Crippen LogP contribution in [0.15, 0.2) is 52.7 Å². The molecule has 2 rings (SSSR count). The largest absolute Gasteiger partial charge is 0.264 e. The van der Waals surface area contributed by atoms with E-state index in [0.29, 0.717) is 5.69 Å². The zero-order valence-electron chi connectivity index (χ0n) is 9.50. The van der Waals surface area contributed by atoms with Gasteiger partial charge in [-0.2, -0.15) is 0 Å². The topological polar surface area (TPSA) is 121 Å². The van der Waals surface area contributed by atoms with Gasteiger partial charge in [0.25, 0.3) is 10.0 Å². The summed E-state index contributed by atoms with van der Waals surface area (Å²) in [6.07, 6.45) is 2.85. The summed E-state index contributed by atoms with van der Waals surface area (Å²) >= 11 is 0. The lowest BCUT2D eigenvalue weighted by atomic mass is 10.3. The number of benzene rings is 1. The third-order valence-electron chi connectivity index (χ3n) is 2.10. The fourth-order valence-electron chi connectivity index (χ4n) is 1.27. The molecule has 1 N–H and O–H groups in total. The van der Waals surface area contributed by atoms with Crippen molar-refractivity contribution in [1.82, 2.24) is 9.97 Å². The van der Waals surface area contributed by atoms with Crippen LogP contribution in [0.1, 0.15) is 0 Å². The number of nitrogens with one attached hydrogen (secondary N) is 1. The van der Waals surface area contributed by atoms with Gasteiger partial charge in [-0.3, -0.25) is 0 Å². The van der Waals surface area contributed by atoms with E-state index in [1.165, 1.54) is 36.7 Å². The van der Waals surface area contributed by atoms with E-state index < -0.39 is 10.0 Å². The van der Waals surface area contributed by atoms with Crippen molar-refractivity contribution in [3.63, 3.8) is 0 Å². The molecule has 0 amide bonds. The van der Waals surface area contributed by atoms with E-state index in [2.05, 4.69) is 24.7 Å². The molecule has 9 heteroatoms. The van der Waals surface area contributed by atoms with Crippen LogP contribution in [0.2, 0.25) is 0 Å². The van der Waals surface area contributed by atoms with Crippen LogP contribution in [-0.4, -0.2) is 18.4 Å². The lowest BCUT2D eigenvalue weighted by Gasteiger charge is -2.05. The Morgan fingerprint density at radius 2 is 1.79 bits per heavy atom. The summed E-state index contributed by atoms with van der Waals surface area (Å²) in [5.74, 6) is -0.0124. The van der Waals surface area contributed by atoms with Crippen molar-refractivity contribution < 1.29 is 8.42 Å². The Morgan fingerprint density at radius 3 is 2.37 bits per heavy atom. The average molecular weight is 276 g/mol. The van der Waals surface area contributed by atoms with E-state index in [1.54, 1.807) is 6.07 Å². The van der Waals surface area contributed by atoms with Gasteiger partial charge < -0.3 is 0 Å². The maximum Gasteiger partial charge on any atom is 0.264 e. The molecule has 0 saturated heterocycles. The highest BCUT2D eigenvalue weighted by Crippen LogP contribution is 2.18. The van der Waals surface area contributed by atoms with Crippen LogP contribution in [0.25, 0.3) is 10.4 Å². The minimum atomic E-state index is -3.75. The molecule has 2 aromatic rings. The molecule has 0 fully saturated rings. The summed E-state index contributed by atoms with van der Waals surface area (Å²) in [6.45, 7) is 0. The van der Waals surface area contributed by atoms with Gasteiger partial charge in [-0.1, -0.05) is 17.2 Å². The smallest absolute Gasteiger partial charge is 0.247 e. The van der Waals surface area contributed by atoms with Crippen LogP contribution in [0, 0.1) is 0 Å². The van der Waals surface area contributed by atoms with Crippen LogP contribution in [0.3, 0.4) is 0 Å². The zero-order valence-corrected chi connectivity index (χ0v) is 10.3. The van der Waals surface area contributed by atoms with Gasteiger partial charge in [0, 0.05) is 23.0 Å². The van der Waals surface area contributed by atoms with E-state index in [0.717, 1.165) is 0 Å². The number of azide groups is 1. The predicted molar refractivity (Wildman–Crippen MR) is 68.1 cm³/mol. The van der Waals surface area contributed by atoms with Crippen molar-refractivity contribution in [1.29, 1.82) is 0 Å². The van der Waals surface area contributed by atoms with Gasteiger partial charge in [0.2, 0.25) is 5.95 Å². The lowest BCUT2D eigenvalue weighted by Crippen LogP contribution is -2.14. The number of sulfonamides is 1. The Hall–Kier alpha value is -2.64. The van der Waals surface area contributed by atoms with Crippen molar-refractivity contribution in [3.8, 4) is 0 Å². The highest BCUT2D eigenvalue weighted by molar-refractivity contribution is 7.92. The summed E-state index contributed by atoms with van der Waals surface area (Å²) in [7, 11) is -3.75. The first-order chi connectivity index (χ1) is 9.12. The van der Waals surface area contributed by atoms with Crippen molar-refractivity contribution in [2.75, 3.05) is 4.72 Å². The number of hydrogen-bond acceptors (Lipinski definition) is 5. The number of nitrogens with zero attached hydrogens (tertiary/aromatic N) is 5. The minimum absolute atomic E-state index is 0.0124. The molecule has 8 nitrogen and oxygen atoms in total. The Morgan fingerprint density at radius 1 is 1.16 bits per heavy atom. The molecule has 0 aliphatic heterocycles. The molecule has 1 aromatic heterocycles. The molecular formula is C10H8N6O2S. The third kappa shape index (κ3) is 3.18. The molecule has 1 aromatic carbocycles. The summed E-state index contributed by atoms with van der Waals surface area (Å²) in [5, 5.41) is 3.35. The average Bonchev–Trinajstić information content (AvgIpc) is 2.40. The molecule has 0 unspecified atom stereocenters. The van der Waals surface area contributed by atoms with Gasteiger partial charge >= 0.3 is 0 Å². The minimum Gasteiger partial charge on any atom is -0.247 e. The maximum atomic E-state index is 12.0. The molecule has 1 heterocycles. The second-order valence-corrected chi connectivity index (χ2v) is 5.04. The zero-order chi connectivity index (χ0) is 13.7. The van der Waals surface area contributed by atoms with E-state index in [1.807, 2.05) is 0 Å². The van der Waals surface area contributed by atoms with Gasteiger partial charge in [-0.25, -0.2) is 23.1 Å². The SMILES string of the molecule is [N-]=[N+]=Nc1ccc(S(=O)(=O)Nc2ncccn2)cc1. The second-order valence-electron chi connectivity index (χ2n) is 3.36. The molecule has 0 atom stereocenters. The highest BCUT2D eigenvalue weighted by atomic mass is 32.2. The van der Waals surface area contributed by atoms with E-state index in [4.69, 9.17) is 5.53 Å². The fraction of sp³-hybridized carbons (Fsp3) is 0. The molecule has 0 radical (unpaired) electrons. The summed E-state index contributed by atoms with van der Waals surface area (Å²) in [5.41, 5.74) is 8.59. The van der Waals surface area contributed by atoms with Crippen LogP contribution in [-0.2, 0) is 10.0 Å². The van der Waals surface area contributed by atoms with Crippen molar-refractivity contribution in [2.45, 2.75) is 4.90 Å². The first-order valence-electron chi connectivity index (χ1n) is 5.07. The molecule has 96 valence electrons. The molecule has 0 spiro atoms. The van der Waals surface area contributed by atoms with Crippen LogP contribution >= 0.6 is 0 Å². The first kappa shape index (κ1) is 12.8. The van der Waals surface area contributed by atoms with Gasteiger partial charge in [0.05, 0.1) is 4.90 Å². The monoisotopic (exact) mass is 276 g/mol. The van der Waals surface area contributed by atoms with Gasteiger partial charge in [0.15, 0.2) is 0 Å². The number of aromatic nitrogens is 2. The van der Waals surface area contributed by atoms with E-state index in [9.17, 15) is 8.42 Å². The molecule has 0 aliphatic carbocycles. The first-order valence-corrected chi connectivity index (χ1v) is 6.55. The number of hydrogen-bond donors (Lipinski definition) is 1. The van der Waals surface area contributed by atoms with Crippen LogP contribution in [0.5, 0.6) is 0 Å². The molecule has 0 bridgehead atoms. The van der Waals surface area contributed by atoms with Crippen molar-refractivity contribution >= 4 is 21.7 Å². The molecule has 0 aliphatic rings. The second kappa shape index (κ2) is 5.34. The van der Waals surface area contributed by atoms with Gasteiger partial charge in [0.1, 0.15) is 0 Å². The van der Waals surface area contributed by atoms with Gasteiger partial charge in [-0.05, 0) is 23.7 Å². The van der Waals surface area contributed by atoms with Crippen LogP contribution in [0.4, 0.5) is 11.6 Å². The number of anilines is 1. The standard InChI is InChI=1S/C10H8N6O2S/c11-16-14-8-2-4-9(5-3-8)19(17,18)15-10-12-6-1-7-13-10/h1-7H,(H,12,13,15). The van der Waals surface area contributed by atoms with Gasteiger partial charge in [-0.15, -0.1) is 0 Å². The normalized spacial score (nSPS) is 10.5. The molecule has 19 heavy (non-hydrogen) atoms. The summed E-state index contributed by atoms with van der Waals surface area (Å²) in [4.78, 5) is 10.2. The summed E-state index contributed by atoms with van der Waals surface area (Å²) in [6, 6.07) is 7.04. The highest BCUT2D eigenvalue weighted by Gasteiger charge is 2.14. The van der Waals surface area contributed by atoms with Crippen molar-refractivity contribution in [2.24, 2.45) is 5.11 Å². The predicted octanol–water partition coefficient (Wildman–Crippen LogP) is 2.22. The van der Waals surface area contributed by atoms with Crippen molar-refractivity contribution in [3.05, 3.63) is 53.2 Å². The van der Waals surface area contributed by atoms with E-state index in [-0.39, 0.29) is 10.8 Å². The Kier molecular flexibility index (Phi) is 3.60. The maximum absolute atomic E-state index is 12.0. The Balaban J connectivity index is 2.27. The fourth-order valence-corrected chi connectivity index (χ4v) is 2.23. The molecular weight excluding hydrogens is 268 g/mol. The van der Waals surface area contributed by atoms with Crippen LogP contribution < -0.4 is 4.72 Å². The summed E-state index contributed by atoms with van der Waals surface area (Å²) < 4.78 is 26.2. The molecule has 0 saturated carbocycles. The number of rotatable bonds is 4. The Bertz CT molecular complexity index is 707.